The van der Waals surface area contributed by atoms with Gasteiger partial charge in [-0.05, 0) is 60.8 Å². The highest BCUT2D eigenvalue weighted by atomic mass is 15.0. The fourth-order valence-electron chi connectivity index (χ4n) is 4.01. The SMILES string of the molecule is c1ccc2c(c1)CCC(NC1CCc3ccccc3C1)C2. The van der Waals surface area contributed by atoms with Crippen LogP contribution < -0.4 is 5.32 Å². The first-order valence-corrected chi connectivity index (χ1v) is 8.28. The molecular formula is C20H23N. The van der Waals surface area contributed by atoms with E-state index in [0.717, 1.165) is 0 Å². The summed E-state index contributed by atoms with van der Waals surface area (Å²) in [7, 11) is 0. The minimum Gasteiger partial charge on any atom is -0.311 e. The second kappa shape index (κ2) is 5.65. The molecule has 0 saturated heterocycles. The minimum absolute atomic E-state index is 0.662. The highest BCUT2D eigenvalue weighted by molar-refractivity contribution is 5.32. The van der Waals surface area contributed by atoms with Gasteiger partial charge in [-0.15, -0.1) is 0 Å². The number of hydrogen-bond acceptors (Lipinski definition) is 1. The Hall–Kier alpha value is -1.60. The third kappa shape index (κ3) is 2.75. The van der Waals surface area contributed by atoms with Crippen molar-refractivity contribution in [2.24, 2.45) is 0 Å². The van der Waals surface area contributed by atoms with Crippen molar-refractivity contribution in [1.29, 1.82) is 0 Å². The second-order valence-electron chi connectivity index (χ2n) is 6.58. The van der Waals surface area contributed by atoms with Gasteiger partial charge in [-0.3, -0.25) is 0 Å². The van der Waals surface area contributed by atoms with Crippen LogP contribution in [-0.4, -0.2) is 12.1 Å². The average Bonchev–Trinajstić information content (AvgIpc) is 2.55. The smallest absolute Gasteiger partial charge is 0.0113 e. The molecule has 21 heavy (non-hydrogen) atoms. The lowest BCUT2D eigenvalue weighted by Crippen LogP contribution is -2.44. The van der Waals surface area contributed by atoms with E-state index in [1.54, 1.807) is 22.3 Å². The molecule has 4 rings (SSSR count). The first kappa shape index (κ1) is 13.1. The summed E-state index contributed by atoms with van der Waals surface area (Å²) >= 11 is 0. The molecular weight excluding hydrogens is 254 g/mol. The molecule has 0 radical (unpaired) electrons. The summed E-state index contributed by atoms with van der Waals surface area (Å²) in [5.74, 6) is 0. The maximum absolute atomic E-state index is 3.94. The van der Waals surface area contributed by atoms with Crippen LogP contribution in [0.2, 0.25) is 0 Å². The van der Waals surface area contributed by atoms with Crippen molar-refractivity contribution in [1.82, 2.24) is 5.32 Å². The fraction of sp³-hybridized carbons (Fsp3) is 0.400. The van der Waals surface area contributed by atoms with Gasteiger partial charge in [0.1, 0.15) is 0 Å². The molecule has 0 saturated carbocycles. The lowest BCUT2D eigenvalue weighted by molar-refractivity contribution is 0.367. The average molecular weight is 277 g/mol. The molecule has 1 nitrogen and oxygen atoms in total. The predicted molar refractivity (Wildman–Crippen MR) is 87.6 cm³/mol. The van der Waals surface area contributed by atoms with Gasteiger partial charge in [-0.25, -0.2) is 0 Å². The van der Waals surface area contributed by atoms with E-state index >= 15 is 0 Å². The normalized spacial score (nSPS) is 24.2. The third-order valence-corrected chi connectivity index (χ3v) is 5.17. The Morgan fingerprint density at radius 2 is 1.05 bits per heavy atom. The zero-order valence-corrected chi connectivity index (χ0v) is 12.5. The standard InChI is InChI=1S/C20H23N/c1-3-7-17-13-19(11-9-15(17)5-1)21-20-12-10-16-6-2-4-8-18(16)14-20/h1-8,19-21H,9-14H2. The van der Waals surface area contributed by atoms with Crippen molar-refractivity contribution >= 4 is 0 Å². The van der Waals surface area contributed by atoms with E-state index in [0.29, 0.717) is 12.1 Å². The number of rotatable bonds is 2. The molecule has 0 fully saturated rings. The maximum atomic E-state index is 3.94. The summed E-state index contributed by atoms with van der Waals surface area (Å²) in [6.07, 6.45) is 7.45. The van der Waals surface area contributed by atoms with Gasteiger partial charge in [-0.2, -0.15) is 0 Å². The minimum atomic E-state index is 0.662. The van der Waals surface area contributed by atoms with E-state index in [2.05, 4.69) is 53.8 Å². The molecule has 2 unspecified atom stereocenters. The van der Waals surface area contributed by atoms with Crippen molar-refractivity contribution < 1.29 is 0 Å². The van der Waals surface area contributed by atoms with Crippen LogP contribution in [0.5, 0.6) is 0 Å². The first-order chi connectivity index (χ1) is 10.4. The Morgan fingerprint density at radius 1 is 0.619 bits per heavy atom. The van der Waals surface area contributed by atoms with E-state index in [-0.39, 0.29) is 0 Å². The van der Waals surface area contributed by atoms with Gasteiger partial charge in [0.15, 0.2) is 0 Å². The van der Waals surface area contributed by atoms with Crippen LogP contribution in [0.25, 0.3) is 0 Å². The number of nitrogens with one attached hydrogen (secondary N) is 1. The quantitative estimate of drug-likeness (QED) is 0.883. The lowest BCUT2D eigenvalue weighted by Gasteiger charge is -2.32. The van der Waals surface area contributed by atoms with E-state index < -0.39 is 0 Å². The topological polar surface area (TPSA) is 12.0 Å². The molecule has 0 spiro atoms. The molecule has 2 aromatic carbocycles. The molecule has 0 amide bonds. The van der Waals surface area contributed by atoms with Gasteiger partial charge in [0, 0.05) is 12.1 Å². The van der Waals surface area contributed by atoms with E-state index in [1.165, 1.54) is 38.5 Å². The van der Waals surface area contributed by atoms with Crippen LogP contribution in [0.4, 0.5) is 0 Å². The number of fused-ring (bicyclic) bond motifs is 2. The monoisotopic (exact) mass is 277 g/mol. The highest BCUT2D eigenvalue weighted by Crippen LogP contribution is 2.25. The molecule has 1 heteroatoms. The van der Waals surface area contributed by atoms with Crippen molar-refractivity contribution in [3.8, 4) is 0 Å². The van der Waals surface area contributed by atoms with Gasteiger partial charge in [-0.1, -0.05) is 48.5 Å². The molecule has 0 bridgehead atoms. The van der Waals surface area contributed by atoms with Crippen molar-refractivity contribution in [2.45, 2.75) is 50.6 Å². The third-order valence-electron chi connectivity index (χ3n) is 5.17. The largest absolute Gasteiger partial charge is 0.311 e. The highest BCUT2D eigenvalue weighted by Gasteiger charge is 2.23. The molecule has 0 heterocycles. The second-order valence-corrected chi connectivity index (χ2v) is 6.58. The number of benzene rings is 2. The fourth-order valence-corrected chi connectivity index (χ4v) is 4.01. The Balaban J connectivity index is 1.42. The number of hydrogen-bond donors (Lipinski definition) is 1. The van der Waals surface area contributed by atoms with Crippen LogP contribution >= 0.6 is 0 Å². The Morgan fingerprint density at radius 3 is 1.52 bits per heavy atom. The van der Waals surface area contributed by atoms with E-state index in [1.807, 2.05) is 0 Å². The summed E-state index contributed by atoms with van der Waals surface area (Å²) in [6, 6.07) is 19.2. The zero-order chi connectivity index (χ0) is 14.1. The molecule has 0 aromatic heterocycles. The van der Waals surface area contributed by atoms with E-state index in [4.69, 9.17) is 0 Å². The molecule has 2 aromatic rings. The Kier molecular flexibility index (Phi) is 3.52. The van der Waals surface area contributed by atoms with Crippen LogP contribution in [0.3, 0.4) is 0 Å². The van der Waals surface area contributed by atoms with Gasteiger partial charge < -0.3 is 5.32 Å². The molecule has 2 atom stereocenters. The van der Waals surface area contributed by atoms with Gasteiger partial charge >= 0.3 is 0 Å². The molecule has 1 N–H and O–H groups in total. The van der Waals surface area contributed by atoms with Crippen molar-refractivity contribution in [3.05, 3.63) is 70.8 Å². The summed E-state index contributed by atoms with van der Waals surface area (Å²) in [4.78, 5) is 0. The first-order valence-electron chi connectivity index (χ1n) is 8.28. The molecule has 0 aliphatic heterocycles. The van der Waals surface area contributed by atoms with Gasteiger partial charge in [0.05, 0.1) is 0 Å². The Bertz CT molecular complexity index is 576. The summed E-state index contributed by atoms with van der Waals surface area (Å²) in [5, 5.41) is 3.94. The summed E-state index contributed by atoms with van der Waals surface area (Å²) < 4.78 is 0. The van der Waals surface area contributed by atoms with E-state index in [9.17, 15) is 0 Å². The molecule has 2 aliphatic carbocycles. The predicted octanol–water partition coefficient (Wildman–Crippen LogP) is 3.69. The molecule has 2 aliphatic rings. The zero-order valence-electron chi connectivity index (χ0n) is 12.5. The van der Waals surface area contributed by atoms with Crippen LogP contribution in [0.1, 0.15) is 35.1 Å². The lowest BCUT2D eigenvalue weighted by atomic mass is 9.85. The maximum Gasteiger partial charge on any atom is 0.0113 e. The summed E-state index contributed by atoms with van der Waals surface area (Å²) in [5.41, 5.74) is 6.23. The Labute approximate surface area is 127 Å². The summed E-state index contributed by atoms with van der Waals surface area (Å²) in [6.45, 7) is 0. The van der Waals surface area contributed by atoms with Crippen molar-refractivity contribution in [3.63, 3.8) is 0 Å². The number of aryl methyl sites for hydroxylation is 2. The van der Waals surface area contributed by atoms with Crippen LogP contribution in [-0.2, 0) is 25.7 Å². The van der Waals surface area contributed by atoms with Crippen molar-refractivity contribution in [2.75, 3.05) is 0 Å². The van der Waals surface area contributed by atoms with Crippen LogP contribution in [0.15, 0.2) is 48.5 Å². The van der Waals surface area contributed by atoms with Crippen LogP contribution in [0, 0.1) is 0 Å². The molecule has 108 valence electrons. The van der Waals surface area contributed by atoms with Gasteiger partial charge in [0.2, 0.25) is 0 Å². The van der Waals surface area contributed by atoms with Gasteiger partial charge in [0.25, 0.3) is 0 Å².